The highest BCUT2D eigenvalue weighted by Gasteiger charge is 2.40. The van der Waals surface area contributed by atoms with Crippen molar-refractivity contribution in [3.8, 4) is 11.5 Å². The van der Waals surface area contributed by atoms with Gasteiger partial charge in [0.2, 0.25) is 5.91 Å². The van der Waals surface area contributed by atoms with E-state index in [4.69, 9.17) is 4.74 Å². The van der Waals surface area contributed by atoms with Crippen molar-refractivity contribution in [2.24, 2.45) is 11.0 Å². The molecule has 2 aromatic rings. The molecule has 3 rings (SSSR count). The Kier molecular flexibility index (Phi) is 6.26. The molecule has 0 spiro atoms. The molecule has 2 amide bonds. The van der Waals surface area contributed by atoms with Crippen LogP contribution in [0.1, 0.15) is 24.0 Å². The minimum atomic E-state index is -0.970. The number of nitro benzene ring substituents is 1. The topological polar surface area (TPSA) is 143 Å². The zero-order valence-corrected chi connectivity index (χ0v) is 16.1. The average molecular weight is 412 g/mol. The van der Waals surface area contributed by atoms with Gasteiger partial charge in [0.25, 0.3) is 11.6 Å². The van der Waals surface area contributed by atoms with Crippen LogP contribution >= 0.6 is 0 Å². The summed E-state index contributed by atoms with van der Waals surface area (Å²) in [5, 5.41) is 27.8. The molecule has 1 heterocycles. The first-order valence-electron chi connectivity index (χ1n) is 9.22. The van der Waals surface area contributed by atoms with Crippen LogP contribution in [-0.2, 0) is 9.59 Å². The zero-order valence-electron chi connectivity index (χ0n) is 16.1. The summed E-state index contributed by atoms with van der Waals surface area (Å²) in [4.78, 5) is 35.2. The number of phenols is 1. The summed E-state index contributed by atoms with van der Waals surface area (Å²) < 4.78 is 5.20. The van der Waals surface area contributed by atoms with E-state index in [1.807, 2.05) is 30.3 Å². The van der Waals surface area contributed by atoms with Gasteiger partial charge in [-0.05, 0) is 12.5 Å². The molecule has 10 heteroatoms. The Morgan fingerprint density at radius 3 is 2.80 bits per heavy atom. The van der Waals surface area contributed by atoms with Crippen LogP contribution in [0.2, 0.25) is 0 Å². The van der Waals surface area contributed by atoms with Crippen molar-refractivity contribution in [3.63, 3.8) is 0 Å². The summed E-state index contributed by atoms with van der Waals surface area (Å²) in [6.07, 6.45) is 1.06. The smallest absolute Gasteiger partial charge is 0.274 e. The van der Waals surface area contributed by atoms with E-state index in [1.54, 1.807) is 6.92 Å². The van der Waals surface area contributed by atoms with Gasteiger partial charge in [-0.2, -0.15) is 5.10 Å². The Labute approximate surface area is 171 Å². The summed E-state index contributed by atoms with van der Waals surface area (Å²) >= 11 is 0. The van der Waals surface area contributed by atoms with Crippen LogP contribution in [0.25, 0.3) is 0 Å². The maximum Gasteiger partial charge on any atom is 0.274 e. The first kappa shape index (κ1) is 20.8. The molecule has 1 fully saturated rings. The molecule has 0 unspecified atom stereocenters. The van der Waals surface area contributed by atoms with Crippen molar-refractivity contribution in [2.75, 3.05) is 13.2 Å². The maximum absolute atomic E-state index is 12.6. The van der Waals surface area contributed by atoms with Gasteiger partial charge in [0.1, 0.15) is 5.92 Å². The predicted molar refractivity (Wildman–Crippen MR) is 107 cm³/mol. The van der Waals surface area contributed by atoms with Gasteiger partial charge in [-0.1, -0.05) is 30.3 Å². The van der Waals surface area contributed by atoms with Crippen molar-refractivity contribution in [3.05, 3.63) is 63.7 Å². The van der Waals surface area contributed by atoms with Crippen LogP contribution in [-0.4, -0.2) is 41.2 Å². The first-order valence-corrected chi connectivity index (χ1v) is 9.22. The number of amides is 2. The number of hydrogen-bond acceptors (Lipinski definition) is 7. The maximum atomic E-state index is 12.6. The van der Waals surface area contributed by atoms with Crippen molar-refractivity contribution in [2.45, 2.75) is 12.8 Å². The molecule has 0 aromatic heterocycles. The molecule has 2 aromatic carbocycles. The van der Waals surface area contributed by atoms with E-state index in [0.29, 0.717) is 6.54 Å². The van der Waals surface area contributed by atoms with Crippen LogP contribution in [0.3, 0.4) is 0 Å². The Bertz CT molecular complexity index is 992. The summed E-state index contributed by atoms with van der Waals surface area (Å²) in [5.74, 6) is -2.76. The van der Waals surface area contributed by atoms with Gasteiger partial charge in [-0.15, -0.1) is 0 Å². The summed E-state index contributed by atoms with van der Waals surface area (Å²) in [7, 11) is 0. The number of carbonyl (C=O) groups is 2. The molecule has 10 nitrogen and oxygen atoms in total. The lowest BCUT2D eigenvalue weighted by Gasteiger charge is -2.15. The molecular weight excluding hydrogens is 392 g/mol. The van der Waals surface area contributed by atoms with Crippen LogP contribution in [0.15, 0.2) is 47.6 Å². The number of nitrogens with zero attached hydrogens (tertiary/aromatic N) is 2. The SMILES string of the molecule is CCOc1cc([N+](=O)[O-])cc(C=NNC(=O)[C@H]2C(=O)NC[C@H]2c2ccccc2)c1O. The number of nitrogens with one attached hydrogen (secondary N) is 2. The molecule has 30 heavy (non-hydrogen) atoms. The Morgan fingerprint density at radius 2 is 2.13 bits per heavy atom. The molecule has 0 bridgehead atoms. The quantitative estimate of drug-likeness (QED) is 0.273. The lowest BCUT2D eigenvalue weighted by molar-refractivity contribution is -0.385. The number of ether oxygens (including phenoxy) is 1. The molecule has 1 aliphatic heterocycles. The van der Waals surface area contributed by atoms with Crippen molar-refractivity contribution >= 4 is 23.7 Å². The van der Waals surface area contributed by atoms with Gasteiger partial charge in [-0.3, -0.25) is 19.7 Å². The van der Waals surface area contributed by atoms with Gasteiger partial charge in [0.15, 0.2) is 11.5 Å². The Hall–Kier alpha value is -3.95. The summed E-state index contributed by atoms with van der Waals surface area (Å²) in [6, 6.07) is 11.4. The number of phenolic OH excluding ortho intramolecular Hbond substituents is 1. The fourth-order valence-corrected chi connectivity index (χ4v) is 3.25. The molecule has 1 aliphatic rings. The second kappa shape index (κ2) is 9.03. The van der Waals surface area contributed by atoms with E-state index >= 15 is 0 Å². The normalized spacial score (nSPS) is 18.2. The van der Waals surface area contributed by atoms with Crippen molar-refractivity contribution in [1.29, 1.82) is 0 Å². The average Bonchev–Trinajstić information content (AvgIpc) is 3.12. The molecule has 156 valence electrons. The predicted octanol–water partition coefficient (Wildman–Crippen LogP) is 1.68. The highest BCUT2D eigenvalue weighted by molar-refractivity contribution is 6.03. The number of aromatic hydroxyl groups is 1. The molecule has 0 aliphatic carbocycles. The van der Waals surface area contributed by atoms with Crippen LogP contribution in [0, 0.1) is 16.0 Å². The lowest BCUT2D eigenvalue weighted by Crippen LogP contribution is -2.34. The largest absolute Gasteiger partial charge is 0.504 e. The van der Waals surface area contributed by atoms with Crippen LogP contribution in [0.4, 0.5) is 5.69 Å². The van der Waals surface area contributed by atoms with Crippen LogP contribution in [0.5, 0.6) is 11.5 Å². The third-order valence-corrected chi connectivity index (χ3v) is 4.67. The molecule has 0 saturated carbocycles. The van der Waals surface area contributed by atoms with E-state index in [-0.39, 0.29) is 35.3 Å². The second-order valence-corrected chi connectivity index (χ2v) is 6.55. The van der Waals surface area contributed by atoms with Crippen molar-refractivity contribution in [1.82, 2.24) is 10.7 Å². The number of hydrogen-bond donors (Lipinski definition) is 3. The molecule has 2 atom stereocenters. The van der Waals surface area contributed by atoms with Gasteiger partial charge in [0.05, 0.1) is 23.8 Å². The number of benzene rings is 2. The highest BCUT2D eigenvalue weighted by atomic mass is 16.6. The fourth-order valence-electron chi connectivity index (χ4n) is 3.25. The van der Waals surface area contributed by atoms with Crippen molar-refractivity contribution < 1.29 is 24.4 Å². The fraction of sp³-hybridized carbons (Fsp3) is 0.250. The monoisotopic (exact) mass is 412 g/mol. The third-order valence-electron chi connectivity index (χ3n) is 4.67. The summed E-state index contributed by atoms with van der Waals surface area (Å²) in [5.41, 5.74) is 2.81. The Morgan fingerprint density at radius 1 is 1.40 bits per heavy atom. The second-order valence-electron chi connectivity index (χ2n) is 6.55. The Balaban J connectivity index is 1.78. The van der Waals surface area contributed by atoms with E-state index in [9.17, 15) is 24.8 Å². The molecule has 0 radical (unpaired) electrons. The highest BCUT2D eigenvalue weighted by Crippen LogP contribution is 2.34. The van der Waals surface area contributed by atoms with E-state index < -0.39 is 22.7 Å². The number of carbonyl (C=O) groups excluding carboxylic acids is 2. The van der Waals surface area contributed by atoms with Gasteiger partial charge in [-0.25, -0.2) is 5.43 Å². The summed E-state index contributed by atoms with van der Waals surface area (Å²) in [6.45, 7) is 2.19. The van der Waals surface area contributed by atoms with Gasteiger partial charge < -0.3 is 15.2 Å². The van der Waals surface area contributed by atoms with E-state index in [1.165, 1.54) is 0 Å². The number of nitro groups is 1. The zero-order chi connectivity index (χ0) is 21.7. The van der Waals surface area contributed by atoms with Gasteiger partial charge >= 0.3 is 0 Å². The number of hydrazone groups is 1. The van der Waals surface area contributed by atoms with E-state index in [2.05, 4.69) is 15.8 Å². The van der Waals surface area contributed by atoms with E-state index in [0.717, 1.165) is 23.9 Å². The minimum absolute atomic E-state index is 0.0107. The molecule has 1 saturated heterocycles. The number of non-ortho nitro benzene ring substituents is 1. The third kappa shape index (κ3) is 4.37. The minimum Gasteiger partial charge on any atom is -0.504 e. The van der Waals surface area contributed by atoms with Crippen LogP contribution < -0.4 is 15.5 Å². The molecular formula is C20H20N4O6. The number of rotatable bonds is 7. The molecule has 3 N–H and O–H groups in total. The van der Waals surface area contributed by atoms with Gasteiger partial charge in [0, 0.05) is 24.1 Å². The standard InChI is InChI=1S/C20H20N4O6/c1-2-30-16-9-14(24(28)29)8-13(18(16)25)10-22-23-20(27)17-15(11-21-19(17)26)12-6-4-3-5-7-12/h3-10,15,17,25H,2,11H2,1H3,(H,21,26)(H,23,27)/t15-,17+/m0/s1. The lowest BCUT2D eigenvalue weighted by atomic mass is 9.88. The first-order chi connectivity index (χ1) is 14.4.